The molecule has 2 aromatic rings. The van der Waals surface area contributed by atoms with Gasteiger partial charge in [0.1, 0.15) is 5.82 Å². The Morgan fingerprint density at radius 1 is 1.00 bits per heavy atom. The monoisotopic (exact) mass is 277 g/mol. The SMILES string of the molecule is CC(c1ccccn1)C(Br)c1ncccn1. The molecule has 0 spiro atoms. The molecule has 0 aliphatic rings. The van der Waals surface area contributed by atoms with Gasteiger partial charge in [0.15, 0.2) is 0 Å². The number of aromatic nitrogens is 3. The van der Waals surface area contributed by atoms with Crippen LogP contribution in [0.2, 0.25) is 0 Å². The van der Waals surface area contributed by atoms with E-state index in [1.54, 1.807) is 18.6 Å². The third-order valence-corrected chi connectivity index (χ3v) is 3.63. The zero-order valence-corrected chi connectivity index (χ0v) is 10.5. The van der Waals surface area contributed by atoms with E-state index in [1.807, 2.05) is 24.3 Å². The van der Waals surface area contributed by atoms with E-state index in [9.17, 15) is 0 Å². The fraction of sp³-hybridized carbons (Fsp3) is 0.250. The van der Waals surface area contributed by atoms with Gasteiger partial charge in [-0.05, 0) is 18.2 Å². The zero-order valence-electron chi connectivity index (χ0n) is 8.92. The fourth-order valence-corrected chi connectivity index (χ4v) is 1.98. The predicted octanol–water partition coefficient (Wildman–Crippen LogP) is 3.11. The van der Waals surface area contributed by atoms with Crippen molar-refractivity contribution in [1.82, 2.24) is 15.0 Å². The Bertz CT molecular complexity index is 389. The van der Waals surface area contributed by atoms with Crippen molar-refractivity contribution in [3.8, 4) is 0 Å². The van der Waals surface area contributed by atoms with Crippen LogP contribution in [0.3, 0.4) is 0 Å². The van der Waals surface area contributed by atoms with Crippen LogP contribution in [-0.4, -0.2) is 15.0 Å². The highest BCUT2D eigenvalue weighted by Gasteiger charge is 2.20. The largest absolute Gasteiger partial charge is 0.261 e. The van der Waals surface area contributed by atoms with Crippen molar-refractivity contribution in [1.29, 1.82) is 0 Å². The first-order valence-electron chi connectivity index (χ1n) is 5.11. The maximum Gasteiger partial charge on any atom is 0.142 e. The number of hydrogen-bond acceptors (Lipinski definition) is 3. The lowest BCUT2D eigenvalue weighted by molar-refractivity contribution is 0.689. The van der Waals surface area contributed by atoms with Gasteiger partial charge < -0.3 is 0 Å². The Morgan fingerprint density at radius 2 is 1.69 bits per heavy atom. The molecule has 0 saturated heterocycles. The number of nitrogens with zero attached hydrogens (tertiary/aromatic N) is 3. The third kappa shape index (κ3) is 2.44. The number of halogens is 1. The van der Waals surface area contributed by atoms with E-state index >= 15 is 0 Å². The highest BCUT2D eigenvalue weighted by Crippen LogP contribution is 2.34. The van der Waals surface area contributed by atoms with Crippen molar-refractivity contribution in [2.24, 2.45) is 0 Å². The summed E-state index contributed by atoms with van der Waals surface area (Å²) in [5.41, 5.74) is 1.04. The molecule has 0 amide bonds. The molecule has 0 fully saturated rings. The molecule has 16 heavy (non-hydrogen) atoms. The lowest BCUT2D eigenvalue weighted by Gasteiger charge is -2.16. The lowest BCUT2D eigenvalue weighted by atomic mass is 10.0. The summed E-state index contributed by atoms with van der Waals surface area (Å²) in [5, 5.41) is 0. The highest BCUT2D eigenvalue weighted by molar-refractivity contribution is 9.09. The average Bonchev–Trinajstić information content (AvgIpc) is 2.39. The van der Waals surface area contributed by atoms with E-state index in [4.69, 9.17) is 0 Å². The number of alkyl halides is 1. The van der Waals surface area contributed by atoms with E-state index in [0.29, 0.717) is 0 Å². The molecule has 82 valence electrons. The van der Waals surface area contributed by atoms with Gasteiger partial charge in [0.2, 0.25) is 0 Å². The summed E-state index contributed by atoms with van der Waals surface area (Å²) in [4.78, 5) is 12.9. The second kappa shape index (κ2) is 5.16. The summed E-state index contributed by atoms with van der Waals surface area (Å²) in [6, 6.07) is 7.74. The van der Waals surface area contributed by atoms with Gasteiger partial charge in [-0.1, -0.05) is 28.9 Å². The molecule has 2 heterocycles. The Labute approximate surface area is 103 Å². The summed E-state index contributed by atoms with van der Waals surface area (Å²) in [6.07, 6.45) is 5.31. The second-order valence-electron chi connectivity index (χ2n) is 3.55. The van der Waals surface area contributed by atoms with Gasteiger partial charge in [0.25, 0.3) is 0 Å². The van der Waals surface area contributed by atoms with Crippen molar-refractivity contribution >= 4 is 15.9 Å². The second-order valence-corrected chi connectivity index (χ2v) is 4.54. The zero-order chi connectivity index (χ0) is 11.4. The Kier molecular flexibility index (Phi) is 3.62. The Balaban J connectivity index is 2.20. The van der Waals surface area contributed by atoms with Crippen LogP contribution in [0.15, 0.2) is 42.9 Å². The minimum atomic E-state index is 0.0867. The third-order valence-electron chi connectivity index (χ3n) is 2.43. The van der Waals surface area contributed by atoms with Crippen LogP contribution in [0.1, 0.15) is 29.2 Å². The summed E-state index contributed by atoms with van der Waals surface area (Å²) in [6.45, 7) is 2.11. The fourth-order valence-electron chi connectivity index (χ4n) is 1.47. The van der Waals surface area contributed by atoms with Crippen molar-refractivity contribution in [2.75, 3.05) is 0 Å². The van der Waals surface area contributed by atoms with Gasteiger partial charge in [0.05, 0.1) is 4.83 Å². The number of rotatable bonds is 3. The van der Waals surface area contributed by atoms with E-state index in [0.717, 1.165) is 11.5 Å². The topological polar surface area (TPSA) is 38.7 Å². The molecular formula is C12H12BrN3. The van der Waals surface area contributed by atoms with Crippen molar-refractivity contribution in [3.63, 3.8) is 0 Å². The van der Waals surface area contributed by atoms with E-state index in [-0.39, 0.29) is 10.7 Å². The summed E-state index contributed by atoms with van der Waals surface area (Å²) in [5.74, 6) is 1.03. The smallest absolute Gasteiger partial charge is 0.142 e. The van der Waals surface area contributed by atoms with Crippen LogP contribution in [0.5, 0.6) is 0 Å². The van der Waals surface area contributed by atoms with Crippen LogP contribution < -0.4 is 0 Å². The summed E-state index contributed by atoms with van der Waals surface area (Å²) >= 11 is 3.62. The predicted molar refractivity (Wildman–Crippen MR) is 66.4 cm³/mol. The van der Waals surface area contributed by atoms with E-state index in [2.05, 4.69) is 37.8 Å². The standard InChI is InChI=1S/C12H12BrN3/c1-9(10-5-2-3-6-14-10)11(13)12-15-7-4-8-16-12/h2-9,11H,1H3. The Morgan fingerprint density at radius 3 is 2.31 bits per heavy atom. The van der Waals surface area contributed by atoms with Crippen LogP contribution in [0, 0.1) is 0 Å². The van der Waals surface area contributed by atoms with Gasteiger partial charge in [-0.15, -0.1) is 0 Å². The first-order chi connectivity index (χ1) is 7.79. The molecule has 0 bridgehead atoms. The quantitative estimate of drug-likeness (QED) is 0.810. The molecule has 0 aliphatic heterocycles. The maximum atomic E-state index is 4.34. The molecule has 4 heteroatoms. The summed E-state index contributed by atoms with van der Waals surface area (Å²) in [7, 11) is 0. The first kappa shape index (κ1) is 11.2. The number of hydrogen-bond donors (Lipinski definition) is 0. The van der Waals surface area contributed by atoms with Crippen molar-refractivity contribution in [3.05, 3.63) is 54.4 Å². The summed E-state index contributed by atoms with van der Waals surface area (Å²) < 4.78 is 0. The Hall–Kier alpha value is -1.29. The van der Waals surface area contributed by atoms with Crippen LogP contribution in [0.4, 0.5) is 0 Å². The molecule has 0 N–H and O–H groups in total. The minimum absolute atomic E-state index is 0.0867. The van der Waals surface area contributed by atoms with E-state index in [1.165, 1.54) is 0 Å². The van der Waals surface area contributed by atoms with Gasteiger partial charge in [0, 0.05) is 30.2 Å². The molecular weight excluding hydrogens is 266 g/mol. The van der Waals surface area contributed by atoms with Gasteiger partial charge in [-0.2, -0.15) is 0 Å². The normalized spacial score (nSPS) is 14.4. The molecule has 2 unspecified atom stereocenters. The molecule has 2 aromatic heterocycles. The first-order valence-corrected chi connectivity index (χ1v) is 6.02. The van der Waals surface area contributed by atoms with Gasteiger partial charge in [-0.3, -0.25) is 4.98 Å². The molecule has 2 atom stereocenters. The molecule has 0 aromatic carbocycles. The average molecular weight is 278 g/mol. The molecule has 0 saturated carbocycles. The molecule has 0 radical (unpaired) electrons. The molecule has 0 aliphatic carbocycles. The minimum Gasteiger partial charge on any atom is -0.261 e. The van der Waals surface area contributed by atoms with Crippen LogP contribution >= 0.6 is 15.9 Å². The number of pyridine rings is 1. The van der Waals surface area contributed by atoms with E-state index < -0.39 is 0 Å². The van der Waals surface area contributed by atoms with Crippen molar-refractivity contribution < 1.29 is 0 Å². The maximum absolute atomic E-state index is 4.34. The van der Waals surface area contributed by atoms with Gasteiger partial charge in [-0.25, -0.2) is 9.97 Å². The lowest BCUT2D eigenvalue weighted by Crippen LogP contribution is -2.07. The van der Waals surface area contributed by atoms with Crippen molar-refractivity contribution in [2.45, 2.75) is 17.7 Å². The van der Waals surface area contributed by atoms with Crippen LogP contribution in [-0.2, 0) is 0 Å². The van der Waals surface area contributed by atoms with Gasteiger partial charge >= 0.3 is 0 Å². The molecule has 3 nitrogen and oxygen atoms in total. The molecule has 2 rings (SSSR count). The highest BCUT2D eigenvalue weighted by atomic mass is 79.9. The van der Waals surface area contributed by atoms with Crippen LogP contribution in [0.25, 0.3) is 0 Å².